The lowest BCUT2D eigenvalue weighted by Gasteiger charge is -2.39. The first-order valence-corrected chi connectivity index (χ1v) is 11.6. The Morgan fingerprint density at radius 2 is 2.09 bits per heavy atom. The number of nitrogens with zero attached hydrogens (tertiary/aromatic N) is 2. The number of hydrogen-bond acceptors (Lipinski definition) is 5. The van der Waals surface area contributed by atoms with Gasteiger partial charge in [-0.25, -0.2) is 9.79 Å². The standard InChI is InChI=1S/C24H26ClF3N6O/c25-20-7-6-17(10-19(20)24(26,27)28)33-23(35)32-11-15-3-1-4-16(9-15)21-13-31-22(29)14-34(21)18-5-2-8-30-12-18/h1,3-4,6-7,9-10,13,18,30H,2,5,8,11-12,14H2,(H2,29,31)(H2,32,33,35). The maximum atomic E-state index is 13.1. The lowest BCUT2D eigenvalue weighted by Crippen LogP contribution is -2.48. The molecule has 0 aromatic heterocycles. The molecule has 4 rings (SSSR count). The van der Waals surface area contributed by atoms with E-state index in [0.717, 1.165) is 54.9 Å². The number of rotatable bonds is 5. The van der Waals surface area contributed by atoms with E-state index in [-0.39, 0.29) is 12.2 Å². The molecule has 0 aliphatic carbocycles. The van der Waals surface area contributed by atoms with Gasteiger partial charge in [0.15, 0.2) is 0 Å². The molecule has 35 heavy (non-hydrogen) atoms. The quantitative estimate of drug-likeness (QED) is 0.483. The number of nitrogens with two attached hydrogens (primary N) is 1. The molecule has 0 spiro atoms. The van der Waals surface area contributed by atoms with E-state index in [1.807, 2.05) is 24.3 Å². The Labute approximate surface area is 206 Å². The Balaban J connectivity index is 1.43. The zero-order chi connectivity index (χ0) is 25.0. The van der Waals surface area contributed by atoms with Gasteiger partial charge in [-0.05, 0) is 54.8 Å². The number of urea groups is 1. The second kappa shape index (κ2) is 10.6. The Hall–Kier alpha value is -3.24. The van der Waals surface area contributed by atoms with Crippen LogP contribution in [0.4, 0.5) is 23.7 Å². The van der Waals surface area contributed by atoms with E-state index in [1.165, 1.54) is 6.07 Å². The van der Waals surface area contributed by atoms with Crippen LogP contribution in [0.2, 0.25) is 5.02 Å². The van der Waals surface area contributed by atoms with Gasteiger partial charge in [-0.2, -0.15) is 13.2 Å². The predicted octanol–water partition coefficient (Wildman–Crippen LogP) is 4.40. The molecule has 11 heteroatoms. The lowest BCUT2D eigenvalue weighted by molar-refractivity contribution is -0.137. The first kappa shape index (κ1) is 24.9. The Bertz CT molecular complexity index is 1140. The average Bonchev–Trinajstić information content (AvgIpc) is 2.84. The van der Waals surface area contributed by atoms with Crippen molar-refractivity contribution >= 4 is 34.9 Å². The maximum absolute atomic E-state index is 13.1. The summed E-state index contributed by atoms with van der Waals surface area (Å²) in [5.41, 5.74) is 7.72. The summed E-state index contributed by atoms with van der Waals surface area (Å²) in [7, 11) is 0. The number of amidine groups is 1. The van der Waals surface area contributed by atoms with E-state index in [1.54, 1.807) is 6.20 Å². The lowest BCUT2D eigenvalue weighted by atomic mass is 10.0. The fourth-order valence-corrected chi connectivity index (χ4v) is 4.43. The van der Waals surface area contributed by atoms with Gasteiger partial charge in [0.05, 0.1) is 29.0 Å². The molecule has 186 valence electrons. The number of carbonyl (C=O) groups is 1. The molecule has 0 saturated carbocycles. The third-order valence-electron chi connectivity index (χ3n) is 5.91. The number of aliphatic imine (C=N–C) groups is 1. The largest absolute Gasteiger partial charge is 0.417 e. The summed E-state index contributed by atoms with van der Waals surface area (Å²) in [5.74, 6) is 0.560. The number of amides is 2. The second-order valence-electron chi connectivity index (χ2n) is 8.46. The number of nitrogens with one attached hydrogen (secondary N) is 3. The Morgan fingerprint density at radius 3 is 2.83 bits per heavy atom. The van der Waals surface area contributed by atoms with Crippen LogP contribution in [-0.4, -0.2) is 42.4 Å². The summed E-state index contributed by atoms with van der Waals surface area (Å²) in [4.78, 5) is 18.9. The number of anilines is 1. The molecule has 5 N–H and O–H groups in total. The van der Waals surface area contributed by atoms with E-state index in [0.29, 0.717) is 18.4 Å². The Morgan fingerprint density at radius 1 is 1.26 bits per heavy atom. The topological polar surface area (TPSA) is 94.8 Å². The van der Waals surface area contributed by atoms with Gasteiger partial charge >= 0.3 is 12.2 Å². The third-order valence-corrected chi connectivity index (χ3v) is 6.24. The maximum Gasteiger partial charge on any atom is 0.417 e. The van der Waals surface area contributed by atoms with Crippen LogP contribution in [0.25, 0.3) is 5.70 Å². The van der Waals surface area contributed by atoms with Crippen molar-refractivity contribution in [2.45, 2.75) is 31.6 Å². The fraction of sp³-hybridized carbons (Fsp3) is 0.333. The summed E-state index contributed by atoms with van der Waals surface area (Å²) in [5, 5.41) is 8.09. The van der Waals surface area contributed by atoms with E-state index >= 15 is 0 Å². The van der Waals surface area contributed by atoms with E-state index in [2.05, 4.69) is 25.8 Å². The fourth-order valence-electron chi connectivity index (χ4n) is 4.20. The van der Waals surface area contributed by atoms with Gasteiger partial charge in [0, 0.05) is 24.8 Å². The van der Waals surface area contributed by atoms with Gasteiger partial charge in [0.25, 0.3) is 0 Å². The van der Waals surface area contributed by atoms with Crippen molar-refractivity contribution < 1.29 is 18.0 Å². The highest BCUT2D eigenvalue weighted by Gasteiger charge is 2.33. The zero-order valence-corrected chi connectivity index (χ0v) is 19.6. The number of hydrogen-bond donors (Lipinski definition) is 4. The molecule has 2 aliphatic rings. The minimum absolute atomic E-state index is 0.00693. The zero-order valence-electron chi connectivity index (χ0n) is 18.8. The average molecular weight is 507 g/mol. The van der Waals surface area contributed by atoms with Gasteiger partial charge < -0.3 is 26.6 Å². The summed E-state index contributed by atoms with van der Waals surface area (Å²) in [6.45, 7) is 2.60. The molecule has 0 radical (unpaired) electrons. The van der Waals surface area contributed by atoms with Crippen LogP contribution in [0.3, 0.4) is 0 Å². The Kier molecular flexibility index (Phi) is 7.51. The molecular weight excluding hydrogens is 481 g/mol. The van der Waals surface area contributed by atoms with Gasteiger partial charge in [-0.3, -0.25) is 0 Å². The smallest absolute Gasteiger partial charge is 0.386 e. The molecular formula is C24H26ClF3N6O. The van der Waals surface area contributed by atoms with Crippen LogP contribution in [0.1, 0.15) is 29.5 Å². The van der Waals surface area contributed by atoms with Gasteiger partial charge in [-0.15, -0.1) is 0 Å². The van der Waals surface area contributed by atoms with Crippen LogP contribution in [-0.2, 0) is 12.7 Å². The molecule has 2 aromatic carbocycles. The van der Waals surface area contributed by atoms with Crippen molar-refractivity contribution in [3.8, 4) is 0 Å². The van der Waals surface area contributed by atoms with Crippen LogP contribution >= 0.6 is 11.6 Å². The van der Waals surface area contributed by atoms with Gasteiger partial charge in [0.1, 0.15) is 5.84 Å². The number of piperidine rings is 1. The van der Waals surface area contributed by atoms with Crippen LogP contribution in [0, 0.1) is 0 Å². The minimum Gasteiger partial charge on any atom is -0.386 e. The summed E-state index contributed by atoms with van der Waals surface area (Å²) in [6, 6.07) is 10.6. The molecule has 2 amide bonds. The van der Waals surface area contributed by atoms with Crippen molar-refractivity contribution in [2.75, 3.05) is 25.0 Å². The van der Waals surface area contributed by atoms with Gasteiger partial charge in [0.2, 0.25) is 0 Å². The van der Waals surface area contributed by atoms with Crippen molar-refractivity contribution in [1.29, 1.82) is 0 Å². The van der Waals surface area contributed by atoms with E-state index < -0.39 is 22.8 Å². The normalized spacial score (nSPS) is 18.5. The molecule has 1 unspecified atom stereocenters. The molecule has 2 aromatic rings. The first-order chi connectivity index (χ1) is 16.7. The minimum atomic E-state index is -4.62. The summed E-state index contributed by atoms with van der Waals surface area (Å²) >= 11 is 5.63. The van der Waals surface area contributed by atoms with Crippen molar-refractivity contribution in [3.63, 3.8) is 0 Å². The highest BCUT2D eigenvalue weighted by atomic mass is 35.5. The molecule has 2 heterocycles. The van der Waals surface area contributed by atoms with Crippen LogP contribution < -0.4 is 21.7 Å². The summed E-state index contributed by atoms with van der Waals surface area (Å²) in [6.07, 6.45) is -0.705. The van der Waals surface area contributed by atoms with Crippen LogP contribution in [0.15, 0.2) is 53.7 Å². The molecule has 1 fully saturated rings. The van der Waals surface area contributed by atoms with Crippen molar-refractivity contribution in [2.24, 2.45) is 10.7 Å². The van der Waals surface area contributed by atoms with Crippen LogP contribution in [0.5, 0.6) is 0 Å². The predicted molar refractivity (Wildman–Crippen MR) is 131 cm³/mol. The van der Waals surface area contributed by atoms with E-state index in [9.17, 15) is 18.0 Å². The number of benzene rings is 2. The van der Waals surface area contributed by atoms with Gasteiger partial charge in [-0.1, -0.05) is 29.8 Å². The third kappa shape index (κ3) is 6.26. The molecule has 7 nitrogen and oxygen atoms in total. The summed E-state index contributed by atoms with van der Waals surface area (Å²) < 4.78 is 39.2. The van der Waals surface area contributed by atoms with Crippen molar-refractivity contribution in [3.05, 3.63) is 70.4 Å². The number of carbonyl (C=O) groups excluding carboxylic acids is 1. The van der Waals surface area contributed by atoms with E-state index in [4.69, 9.17) is 17.3 Å². The molecule has 1 saturated heterocycles. The molecule has 1 atom stereocenters. The number of halogens is 4. The second-order valence-corrected chi connectivity index (χ2v) is 8.87. The number of alkyl halides is 3. The SMILES string of the molecule is NC1=NC=C(c2cccc(CNC(=O)Nc3ccc(Cl)c(C(F)(F)F)c3)c2)N(C2CCCNC2)C1. The molecule has 0 bridgehead atoms. The van der Waals surface area contributed by atoms with Crippen molar-refractivity contribution in [1.82, 2.24) is 15.5 Å². The molecule has 2 aliphatic heterocycles. The monoisotopic (exact) mass is 506 g/mol. The highest BCUT2D eigenvalue weighted by molar-refractivity contribution is 6.31. The highest BCUT2D eigenvalue weighted by Crippen LogP contribution is 2.36. The first-order valence-electron chi connectivity index (χ1n) is 11.2.